The van der Waals surface area contributed by atoms with Crippen molar-refractivity contribution in [3.05, 3.63) is 58.0 Å². The molecule has 0 aliphatic rings. The van der Waals surface area contributed by atoms with Gasteiger partial charge in [-0.15, -0.1) is 0 Å². The number of hydrogen-bond acceptors (Lipinski definition) is 6. The van der Waals surface area contributed by atoms with Gasteiger partial charge in [0.2, 0.25) is 0 Å². The summed E-state index contributed by atoms with van der Waals surface area (Å²) in [7, 11) is 1.53. The van der Waals surface area contributed by atoms with E-state index in [9.17, 15) is 10.1 Å². The first kappa shape index (κ1) is 14.4. The van der Waals surface area contributed by atoms with Crippen LogP contribution in [-0.2, 0) is 6.54 Å². The average molecular weight is 306 g/mol. The molecule has 7 heteroatoms. The summed E-state index contributed by atoms with van der Waals surface area (Å²) in [5, 5.41) is 18.8. The maximum absolute atomic E-state index is 11.8. The van der Waals surface area contributed by atoms with E-state index in [0.717, 1.165) is 5.39 Å². The van der Waals surface area contributed by atoms with Gasteiger partial charge in [0.15, 0.2) is 11.4 Å². The minimum Gasteiger partial charge on any atom is -0.497 e. The minimum absolute atomic E-state index is 0.0569. The van der Waals surface area contributed by atoms with E-state index in [2.05, 4.69) is 4.98 Å². The van der Waals surface area contributed by atoms with Gasteiger partial charge in [-0.05, 0) is 17.7 Å². The van der Waals surface area contributed by atoms with E-state index in [4.69, 9.17) is 14.4 Å². The quantitative estimate of drug-likeness (QED) is 0.683. The van der Waals surface area contributed by atoms with Crippen molar-refractivity contribution in [1.29, 1.82) is 10.5 Å². The van der Waals surface area contributed by atoms with Gasteiger partial charge in [0.1, 0.15) is 23.5 Å². The second kappa shape index (κ2) is 5.66. The third-order valence-electron chi connectivity index (χ3n) is 3.43. The van der Waals surface area contributed by atoms with Crippen LogP contribution in [0.5, 0.6) is 5.75 Å². The Morgan fingerprint density at radius 1 is 1.30 bits per heavy atom. The molecule has 112 valence electrons. The molecule has 2 aromatic heterocycles. The number of aromatic nitrogens is 2. The standard InChI is InChI=1S/C16H10N4O3/c1-22-11-2-3-12-10(4-16(21)23-15(12)5-11)8-20-9-19-13(6-17)14(20)7-18/h2-5,9H,8H2,1H3. The van der Waals surface area contributed by atoms with Crippen molar-refractivity contribution in [2.45, 2.75) is 6.54 Å². The molecule has 0 aliphatic heterocycles. The fourth-order valence-corrected chi connectivity index (χ4v) is 2.35. The lowest BCUT2D eigenvalue weighted by molar-refractivity contribution is 0.414. The van der Waals surface area contributed by atoms with E-state index in [1.54, 1.807) is 18.2 Å². The van der Waals surface area contributed by atoms with Crippen LogP contribution in [0.3, 0.4) is 0 Å². The molecule has 0 atom stereocenters. The molecule has 0 unspecified atom stereocenters. The minimum atomic E-state index is -0.500. The number of nitriles is 2. The van der Waals surface area contributed by atoms with Crippen LogP contribution in [0.2, 0.25) is 0 Å². The number of fused-ring (bicyclic) bond motifs is 1. The molecule has 3 rings (SSSR count). The molecule has 0 bridgehead atoms. The molecule has 1 aromatic carbocycles. The second-order valence-electron chi connectivity index (χ2n) is 4.75. The van der Waals surface area contributed by atoms with Gasteiger partial charge < -0.3 is 13.7 Å². The van der Waals surface area contributed by atoms with Gasteiger partial charge in [-0.2, -0.15) is 10.5 Å². The van der Waals surface area contributed by atoms with Gasteiger partial charge in [-0.25, -0.2) is 9.78 Å². The highest BCUT2D eigenvalue weighted by molar-refractivity contribution is 5.81. The van der Waals surface area contributed by atoms with Crippen molar-refractivity contribution in [2.75, 3.05) is 7.11 Å². The monoisotopic (exact) mass is 306 g/mol. The zero-order valence-corrected chi connectivity index (χ0v) is 12.1. The number of benzene rings is 1. The topological polar surface area (TPSA) is 105 Å². The van der Waals surface area contributed by atoms with Crippen LogP contribution >= 0.6 is 0 Å². The molecule has 0 N–H and O–H groups in total. The van der Waals surface area contributed by atoms with E-state index in [1.807, 2.05) is 12.1 Å². The van der Waals surface area contributed by atoms with Crippen LogP contribution in [0.15, 0.2) is 39.8 Å². The summed E-state index contributed by atoms with van der Waals surface area (Å²) >= 11 is 0. The fraction of sp³-hybridized carbons (Fsp3) is 0.125. The SMILES string of the molecule is COc1ccc2c(Cn3cnc(C#N)c3C#N)cc(=O)oc2c1. The smallest absolute Gasteiger partial charge is 0.336 e. The van der Waals surface area contributed by atoms with Gasteiger partial charge in [-0.1, -0.05) is 0 Å². The summed E-state index contributed by atoms with van der Waals surface area (Å²) in [5.74, 6) is 0.574. The molecule has 0 spiro atoms. The first-order valence-electron chi connectivity index (χ1n) is 6.62. The summed E-state index contributed by atoms with van der Waals surface area (Å²) in [5.41, 5.74) is 0.770. The van der Waals surface area contributed by atoms with Crippen molar-refractivity contribution < 1.29 is 9.15 Å². The van der Waals surface area contributed by atoms with Gasteiger partial charge in [0, 0.05) is 17.5 Å². The molecule has 0 amide bonds. The Morgan fingerprint density at radius 3 is 2.83 bits per heavy atom. The summed E-state index contributed by atoms with van der Waals surface area (Å²) in [6.07, 6.45) is 1.40. The van der Waals surface area contributed by atoms with Crippen LogP contribution < -0.4 is 10.4 Å². The Balaban J connectivity index is 2.14. The molecule has 2 heterocycles. The van der Waals surface area contributed by atoms with E-state index in [1.165, 1.54) is 24.1 Å². The molecule has 23 heavy (non-hydrogen) atoms. The number of ether oxygens (including phenoxy) is 1. The Morgan fingerprint density at radius 2 is 2.13 bits per heavy atom. The lowest BCUT2D eigenvalue weighted by Gasteiger charge is -2.08. The van der Waals surface area contributed by atoms with E-state index in [0.29, 0.717) is 16.9 Å². The maximum Gasteiger partial charge on any atom is 0.336 e. The third kappa shape index (κ3) is 2.52. The van der Waals surface area contributed by atoms with E-state index < -0.39 is 5.63 Å². The number of nitrogens with zero attached hydrogens (tertiary/aromatic N) is 4. The first-order valence-corrected chi connectivity index (χ1v) is 6.62. The predicted octanol–water partition coefficient (Wildman–Crippen LogP) is 1.79. The highest BCUT2D eigenvalue weighted by atomic mass is 16.5. The maximum atomic E-state index is 11.8. The Labute approximate surface area is 130 Å². The van der Waals surface area contributed by atoms with Gasteiger partial charge in [-0.3, -0.25) is 0 Å². The number of hydrogen-bond donors (Lipinski definition) is 0. The van der Waals surface area contributed by atoms with Crippen LogP contribution in [0.1, 0.15) is 17.0 Å². The largest absolute Gasteiger partial charge is 0.497 e. The average Bonchev–Trinajstić information content (AvgIpc) is 2.95. The molecular weight excluding hydrogens is 296 g/mol. The third-order valence-corrected chi connectivity index (χ3v) is 3.43. The van der Waals surface area contributed by atoms with Gasteiger partial charge in [0.05, 0.1) is 20.0 Å². The highest BCUT2D eigenvalue weighted by Gasteiger charge is 2.13. The van der Waals surface area contributed by atoms with Crippen LogP contribution in [0.25, 0.3) is 11.0 Å². The second-order valence-corrected chi connectivity index (χ2v) is 4.75. The van der Waals surface area contributed by atoms with Crippen molar-refractivity contribution >= 4 is 11.0 Å². The normalized spacial score (nSPS) is 10.2. The van der Waals surface area contributed by atoms with Crippen LogP contribution in [0, 0.1) is 22.7 Å². The van der Waals surface area contributed by atoms with Crippen molar-refractivity contribution in [3.8, 4) is 17.9 Å². The van der Waals surface area contributed by atoms with E-state index >= 15 is 0 Å². The van der Waals surface area contributed by atoms with E-state index in [-0.39, 0.29) is 17.9 Å². The molecule has 0 radical (unpaired) electrons. The molecule has 0 aliphatic carbocycles. The zero-order chi connectivity index (χ0) is 16.4. The fourth-order valence-electron chi connectivity index (χ4n) is 2.35. The highest BCUT2D eigenvalue weighted by Crippen LogP contribution is 2.23. The molecule has 7 nitrogen and oxygen atoms in total. The van der Waals surface area contributed by atoms with Gasteiger partial charge >= 0.3 is 5.63 Å². The molecule has 0 fully saturated rings. The summed E-state index contributed by atoms with van der Waals surface area (Å²) in [4.78, 5) is 15.6. The molecular formula is C16H10N4O3. The van der Waals surface area contributed by atoms with Crippen molar-refractivity contribution in [3.63, 3.8) is 0 Å². The lowest BCUT2D eigenvalue weighted by Crippen LogP contribution is -2.07. The lowest BCUT2D eigenvalue weighted by atomic mass is 10.1. The first-order chi connectivity index (χ1) is 11.2. The Bertz CT molecular complexity index is 1030. The van der Waals surface area contributed by atoms with Crippen molar-refractivity contribution in [1.82, 2.24) is 9.55 Å². The number of methoxy groups -OCH3 is 1. The van der Waals surface area contributed by atoms with Crippen molar-refractivity contribution in [2.24, 2.45) is 0 Å². The van der Waals surface area contributed by atoms with Gasteiger partial charge in [0.25, 0.3) is 0 Å². The van der Waals surface area contributed by atoms with Crippen LogP contribution in [0.4, 0.5) is 0 Å². The number of rotatable bonds is 3. The molecule has 3 aromatic rings. The summed E-state index contributed by atoms with van der Waals surface area (Å²) in [6.45, 7) is 0.228. The summed E-state index contributed by atoms with van der Waals surface area (Å²) < 4.78 is 11.8. The zero-order valence-electron chi connectivity index (χ0n) is 12.1. The van der Waals surface area contributed by atoms with Crippen LogP contribution in [-0.4, -0.2) is 16.7 Å². The predicted molar refractivity (Wildman–Crippen MR) is 79.8 cm³/mol. The summed E-state index contributed by atoms with van der Waals surface area (Å²) in [6, 6.07) is 10.3. The number of imidazole rings is 1. The Hall–Kier alpha value is -3.58. The molecule has 0 saturated carbocycles. The Kier molecular flexibility index (Phi) is 3.54. The molecule has 0 saturated heterocycles.